The van der Waals surface area contributed by atoms with Crippen LogP contribution in [0, 0.1) is 11.8 Å². The highest BCUT2D eigenvalue weighted by molar-refractivity contribution is 5.97. The summed E-state index contributed by atoms with van der Waals surface area (Å²) in [7, 11) is 0. The number of fused-ring (bicyclic) bond motifs is 1. The molecular weight excluding hydrogens is 299 g/mol. The lowest BCUT2D eigenvalue weighted by molar-refractivity contribution is -0.149. The van der Waals surface area contributed by atoms with E-state index in [1.54, 1.807) is 22.2 Å². The van der Waals surface area contributed by atoms with Gasteiger partial charge in [0.25, 0.3) is 5.91 Å². The number of likely N-dealkylation sites (tertiary alicyclic amines) is 1. The van der Waals surface area contributed by atoms with E-state index in [4.69, 9.17) is 0 Å². The lowest BCUT2D eigenvalue weighted by Gasteiger charge is -2.35. The van der Waals surface area contributed by atoms with Crippen molar-refractivity contribution in [2.24, 2.45) is 11.8 Å². The maximum absolute atomic E-state index is 14.4. The quantitative estimate of drug-likeness (QED) is 0.821. The standard InChI is InChI=1S/C16H19FN4O2/c17-16(3-1-4-16)15(23)20-8-11-2-5-21(14(22)13(11)9-20)12-6-18-10-19-7-12/h6-7,10-11,13H,1-5,8-9H2. The summed E-state index contributed by atoms with van der Waals surface area (Å²) in [4.78, 5) is 36.3. The number of carbonyl (C=O) groups is 2. The van der Waals surface area contributed by atoms with E-state index in [2.05, 4.69) is 9.97 Å². The Morgan fingerprint density at radius 3 is 2.65 bits per heavy atom. The molecule has 6 nitrogen and oxygen atoms in total. The molecule has 3 heterocycles. The molecule has 1 saturated carbocycles. The number of piperidine rings is 1. The van der Waals surface area contributed by atoms with E-state index < -0.39 is 11.6 Å². The van der Waals surface area contributed by atoms with Crippen LogP contribution >= 0.6 is 0 Å². The maximum Gasteiger partial charge on any atom is 0.260 e. The predicted octanol–water partition coefficient (Wildman–Crippen LogP) is 1.18. The Balaban J connectivity index is 1.49. The van der Waals surface area contributed by atoms with Crippen LogP contribution < -0.4 is 4.90 Å². The molecule has 2 saturated heterocycles. The summed E-state index contributed by atoms with van der Waals surface area (Å²) in [6.45, 7) is 1.43. The summed E-state index contributed by atoms with van der Waals surface area (Å²) in [6.07, 6.45) is 6.88. The monoisotopic (exact) mass is 318 g/mol. The third kappa shape index (κ3) is 2.29. The Hall–Kier alpha value is -2.05. The van der Waals surface area contributed by atoms with Gasteiger partial charge in [0.1, 0.15) is 6.33 Å². The van der Waals surface area contributed by atoms with Crippen LogP contribution in [0.25, 0.3) is 0 Å². The first kappa shape index (κ1) is 14.5. The highest BCUT2D eigenvalue weighted by Gasteiger charge is 2.51. The molecule has 0 aromatic carbocycles. The van der Waals surface area contributed by atoms with Crippen LogP contribution in [0.5, 0.6) is 0 Å². The highest BCUT2D eigenvalue weighted by Crippen LogP contribution is 2.41. The van der Waals surface area contributed by atoms with Crippen LogP contribution in [-0.4, -0.2) is 52.0 Å². The fraction of sp³-hybridized carbons (Fsp3) is 0.625. The van der Waals surface area contributed by atoms with Crippen molar-refractivity contribution in [3.05, 3.63) is 18.7 Å². The molecule has 1 aromatic rings. The molecule has 3 fully saturated rings. The number of carbonyl (C=O) groups excluding carboxylic acids is 2. The Morgan fingerprint density at radius 2 is 2.00 bits per heavy atom. The van der Waals surface area contributed by atoms with E-state index in [-0.39, 0.29) is 17.7 Å². The first-order chi connectivity index (χ1) is 11.1. The summed E-state index contributed by atoms with van der Waals surface area (Å²) in [6, 6.07) is 0. The minimum atomic E-state index is -1.68. The SMILES string of the molecule is O=C1C2CN(C(=O)C3(F)CCC3)CC2CCN1c1cncnc1. The van der Waals surface area contributed by atoms with Crippen molar-refractivity contribution in [2.75, 3.05) is 24.5 Å². The number of rotatable bonds is 2. The number of hydrogen-bond acceptors (Lipinski definition) is 4. The van der Waals surface area contributed by atoms with Gasteiger partial charge in [0.15, 0.2) is 5.67 Å². The van der Waals surface area contributed by atoms with Crippen LogP contribution in [0.4, 0.5) is 10.1 Å². The van der Waals surface area contributed by atoms with Crippen LogP contribution in [0.3, 0.4) is 0 Å². The summed E-state index contributed by atoms with van der Waals surface area (Å²) in [5, 5.41) is 0. The molecule has 23 heavy (non-hydrogen) atoms. The van der Waals surface area contributed by atoms with Gasteiger partial charge in [0.05, 0.1) is 24.0 Å². The zero-order chi connectivity index (χ0) is 16.0. The third-order valence-corrected chi connectivity index (χ3v) is 5.42. The molecule has 2 unspecified atom stereocenters. The van der Waals surface area contributed by atoms with E-state index in [1.165, 1.54) is 6.33 Å². The molecular formula is C16H19FN4O2. The minimum absolute atomic E-state index is 0.00660. The molecule has 0 spiro atoms. The number of alkyl halides is 1. The molecule has 2 atom stereocenters. The Bertz CT molecular complexity index is 634. The van der Waals surface area contributed by atoms with Crippen molar-refractivity contribution >= 4 is 17.5 Å². The third-order valence-electron chi connectivity index (χ3n) is 5.42. The van der Waals surface area contributed by atoms with Gasteiger partial charge in [-0.25, -0.2) is 14.4 Å². The number of anilines is 1. The largest absolute Gasteiger partial charge is 0.339 e. The summed E-state index contributed by atoms with van der Waals surface area (Å²) >= 11 is 0. The van der Waals surface area contributed by atoms with Gasteiger partial charge in [-0.05, 0) is 31.6 Å². The van der Waals surface area contributed by atoms with Gasteiger partial charge in [-0.15, -0.1) is 0 Å². The van der Waals surface area contributed by atoms with Crippen molar-refractivity contribution in [2.45, 2.75) is 31.4 Å². The Labute approximate surface area is 133 Å². The first-order valence-corrected chi connectivity index (χ1v) is 8.13. The van der Waals surface area contributed by atoms with Crippen molar-refractivity contribution in [3.8, 4) is 0 Å². The second-order valence-corrected chi connectivity index (χ2v) is 6.77. The smallest absolute Gasteiger partial charge is 0.260 e. The maximum atomic E-state index is 14.4. The zero-order valence-corrected chi connectivity index (χ0v) is 12.8. The fourth-order valence-corrected chi connectivity index (χ4v) is 3.89. The topological polar surface area (TPSA) is 66.4 Å². The lowest BCUT2D eigenvalue weighted by Crippen LogP contribution is -2.50. The van der Waals surface area contributed by atoms with Crippen molar-refractivity contribution in [1.82, 2.24) is 14.9 Å². The van der Waals surface area contributed by atoms with Gasteiger partial charge in [0.2, 0.25) is 5.91 Å². The summed E-state index contributed by atoms with van der Waals surface area (Å²) < 4.78 is 14.4. The van der Waals surface area contributed by atoms with Gasteiger partial charge in [-0.2, -0.15) is 0 Å². The fourth-order valence-electron chi connectivity index (χ4n) is 3.89. The number of halogens is 1. The normalized spacial score (nSPS) is 29.2. The molecule has 0 radical (unpaired) electrons. The number of amides is 2. The molecule has 1 aromatic heterocycles. The second-order valence-electron chi connectivity index (χ2n) is 6.77. The average molecular weight is 318 g/mol. The molecule has 0 N–H and O–H groups in total. The number of nitrogens with zero attached hydrogens (tertiary/aromatic N) is 4. The van der Waals surface area contributed by atoms with E-state index in [0.29, 0.717) is 38.2 Å². The van der Waals surface area contributed by atoms with Gasteiger partial charge in [-0.1, -0.05) is 0 Å². The van der Waals surface area contributed by atoms with Crippen molar-refractivity contribution in [3.63, 3.8) is 0 Å². The molecule has 0 bridgehead atoms. The van der Waals surface area contributed by atoms with E-state index in [1.807, 2.05) is 0 Å². The number of hydrogen-bond donors (Lipinski definition) is 0. The molecule has 122 valence electrons. The Morgan fingerprint density at radius 1 is 1.26 bits per heavy atom. The molecule has 3 aliphatic rings. The molecule has 7 heteroatoms. The van der Waals surface area contributed by atoms with Crippen molar-refractivity contribution in [1.29, 1.82) is 0 Å². The van der Waals surface area contributed by atoms with Gasteiger partial charge in [0, 0.05) is 19.6 Å². The second kappa shape index (κ2) is 5.25. The van der Waals surface area contributed by atoms with Gasteiger partial charge in [-0.3, -0.25) is 9.59 Å². The van der Waals surface area contributed by atoms with Crippen LogP contribution in [0.2, 0.25) is 0 Å². The average Bonchev–Trinajstić information content (AvgIpc) is 2.98. The summed E-state index contributed by atoms with van der Waals surface area (Å²) in [5.41, 5.74) is -0.995. The number of aromatic nitrogens is 2. The predicted molar refractivity (Wildman–Crippen MR) is 80.3 cm³/mol. The first-order valence-electron chi connectivity index (χ1n) is 8.13. The lowest BCUT2D eigenvalue weighted by atomic mass is 9.81. The van der Waals surface area contributed by atoms with E-state index in [0.717, 1.165) is 12.8 Å². The zero-order valence-electron chi connectivity index (χ0n) is 12.8. The van der Waals surface area contributed by atoms with E-state index in [9.17, 15) is 14.0 Å². The summed E-state index contributed by atoms with van der Waals surface area (Å²) in [5.74, 6) is -0.527. The van der Waals surface area contributed by atoms with Crippen molar-refractivity contribution < 1.29 is 14.0 Å². The van der Waals surface area contributed by atoms with E-state index >= 15 is 0 Å². The molecule has 1 aliphatic carbocycles. The Kier molecular flexibility index (Phi) is 3.32. The van der Waals surface area contributed by atoms with Gasteiger partial charge < -0.3 is 9.80 Å². The van der Waals surface area contributed by atoms with Crippen LogP contribution in [0.15, 0.2) is 18.7 Å². The minimum Gasteiger partial charge on any atom is -0.339 e. The molecule has 4 rings (SSSR count). The molecule has 2 aliphatic heterocycles. The van der Waals surface area contributed by atoms with Crippen LogP contribution in [0.1, 0.15) is 25.7 Å². The molecule has 2 amide bonds. The van der Waals surface area contributed by atoms with Gasteiger partial charge >= 0.3 is 0 Å². The van der Waals surface area contributed by atoms with Crippen LogP contribution in [-0.2, 0) is 9.59 Å². The highest BCUT2D eigenvalue weighted by atomic mass is 19.1.